The molecule has 1 atom stereocenters. The Balaban J connectivity index is 1.93. The van der Waals surface area contributed by atoms with E-state index >= 15 is 0 Å². The largest absolute Gasteiger partial charge is 0.496 e. The van der Waals surface area contributed by atoms with Gasteiger partial charge in [0.1, 0.15) is 11.8 Å². The highest BCUT2D eigenvalue weighted by Gasteiger charge is 2.21. The molecule has 2 amide bonds. The number of rotatable bonds is 8. The van der Waals surface area contributed by atoms with Gasteiger partial charge < -0.3 is 25.2 Å². The van der Waals surface area contributed by atoms with Gasteiger partial charge in [-0.1, -0.05) is 30.3 Å². The number of nitrogens with one attached hydrogen (secondary N) is 3. The van der Waals surface area contributed by atoms with Crippen molar-refractivity contribution >= 4 is 17.5 Å². The van der Waals surface area contributed by atoms with E-state index in [-0.39, 0.29) is 12.6 Å². The molecule has 2 aromatic carbocycles. The molecule has 156 valence electrons. The van der Waals surface area contributed by atoms with Crippen LogP contribution in [0.5, 0.6) is 5.75 Å². The first kappa shape index (κ1) is 22.2. The summed E-state index contributed by atoms with van der Waals surface area (Å²) in [6.45, 7) is 0.592. The molecule has 0 aromatic heterocycles. The van der Waals surface area contributed by atoms with E-state index in [1.165, 1.54) is 0 Å². The molecule has 29 heavy (non-hydrogen) atoms. The van der Waals surface area contributed by atoms with Crippen molar-refractivity contribution in [3.63, 3.8) is 0 Å². The van der Waals surface area contributed by atoms with Gasteiger partial charge in [-0.2, -0.15) is 0 Å². The van der Waals surface area contributed by atoms with E-state index in [4.69, 9.17) is 4.74 Å². The van der Waals surface area contributed by atoms with E-state index in [2.05, 4.69) is 22.8 Å². The molecule has 0 aliphatic heterocycles. The second-order valence-electron chi connectivity index (χ2n) is 7.32. The fourth-order valence-corrected chi connectivity index (χ4v) is 3.04. The number of amides is 2. The molecular formula is C22H31N4O3+. The molecule has 0 spiro atoms. The Labute approximate surface area is 172 Å². The average Bonchev–Trinajstić information content (AvgIpc) is 2.72. The lowest BCUT2D eigenvalue weighted by Gasteiger charge is -2.23. The lowest BCUT2D eigenvalue weighted by molar-refractivity contribution is -0.890. The summed E-state index contributed by atoms with van der Waals surface area (Å²) >= 11 is 0. The normalized spacial score (nSPS) is 11.7. The number of nitrogens with zero attached hydrogens (tertiary/aromatic N) is 1. The van der Waals surface area contributed by atoms with Crippen LogP contribution in [0.1, 0.15) is 17.2 Å². The van der Waals surface area contributed by atoms with E-state index in [0.717, 1.165) is 21.7 Å². The lowest BCUT2D eigenvalue weighted by Crippen LogP contribution is -3.07. The second-order valence-corrected chi connectivity index (χ2v) is 7.32. The zero-order valence-corrected chi connectivity index (χ0v) is 17.8. The minimum Gasteiger partial charge on any atom is -0.496 e. The van der Waals surface area contributed by atoms with Gasteiger partial charge >= 0.3 is 11.8 Å². The SMILES string of the molecule is COc1ccccc1CNC(=O)C(=O)NC[C@@H](c1ccc(N(C)C)cc1)[NH+](C)C. The summed E-state index contributed by atoms with van der Waals surface area (Å²) in [7, 11) is 9.61. The van der Waals surface area contributed by atoms with Crippen LogP contribution < -0.4 is 25.2 Å². The quantitative estimate of drug-likeness (QED) is 0.561. The maximum absolute atomic E-state index is 12.3. The number of hydrogen-bond acceptors (Lipinski definition) is 4. The summed E-state index contributed by atoms with van der Waals surface area (Å²) < 4.78 is 5.26. The van der Waals surface area contributed by atoms with Gasteiger partial charge in [-0.05, 0) is 18.2 Å². The van der Waals surface area contributed by atoms with Crippen molar-refractivity contribution in [3.05, 3.63) is 59.7 Å². The molecule has 7 nitrogen and oxygen atoms in total. The van der Waals surface area contributed by atoms with Gasteiger partial charge in [-0.15, -0.1) is 0 Å². The first-order chi connectivity index (χ1) is 13.8. The Morgan fingerprint density at radius 3 is 2.21 bits per heavy atom. The molecule has 0 aliphatic carbocycles. The van der Waals surface area contributed by atoms with Crippen molar-refractivity contribution in [2.75, 3.05) is 46.7 Å². The number of carbonyl (C=O) groups excluding carboxylic acids is 2. The molecule has 2 aromatic rings. The highest BCUT2D eigenvalue weighted by molar-refractivity contribution is 6.35. The molecule has 0 saturated carbocycles. The van der Waals surface area contributed by atoms with Crippen LogP contribution in [0.2, 0.25) is 0 Å². The Morgan fingerprint density at radius 1 is 1.00 bits per heavy atom. The van der Waals surface area contributed by atoms with Crippen LogP contribution in [0.25, 0.3) is 0 Å². The molecule has 3 N–H and O–H groups in total. The summed E-state index contributed by atoms with van der Waals surface area (Å²) in [5.41, 5.74) is 3.03. The van der Waals surface area contributed by atoms with E-state index in [1.807, 2.05) is 69.5 Å². The maximum atomic E-state index is 12.3. The third-order valence-electron chi connectivity index (χ3n) is 4.81. The third kappa shape index (κ3) is 6.22. The van der Waals surface area contributed by atoms with Gasteiger partial charge in [-0.25, -0.2) is 0 Å². The minimum atomic E-state index is -0.661. The number of hydrogen-bond donors (Lipinski definition) is 3. The molecular weight excluding hydrogens is 368 g/mol. The van der Waals surface area contributed by atoms with Gasteiger partial charge in [0.05, 0.1) is 27.7 Å². The van der Waals surface area contributed by atoms with Crippen molar-refractivity contribution in [1.82, 2.24) is 10.6 Å². The fourth-order valence-electron chi connectivity index (χ4n) is 3.04. The average molecular weight is 400 g/mol. The Morgan fingerprint density at radius 2 is 1.62 bits per heavy atom. The number of anilines is 1. The number of ether oxygens (including phenoxy) is 1. The molecule has 0 heterocycles. The van der Waals surface area contributed by atoms with Crippen LogP contribution in [0.3, 0.4) is 0 Å². The summed E-state index contributed by atoms with van der Waals surface area (Å²) in [4.78, 5) is 27.6. The molecule has 0 aliphatic rings. The molecule has 0 bridgehead atoms. The highest BCUT2D eigenvalue weighted by atomic mass is 16.5. The third-order valence-corrected chi connectivity index (χ3v) is 4.81. The summed E-state index contributed by atoms with van der Waals surface area (Å²) in [5.74, 6) is -0.631. The minimum absolute atomic E-state index is 0.0391. The predicted molar refractivity (Wildman–Crippen MR) is 114 cm³/mol. The zero-order valence-electron chi connectivity index (χ0n) is 17.8. The van der Waals surface area contributed by atoms with Gasteiger partial charge in [0.25, 0.3) is 0 Å². The van der Waals surface area contributed by atoms with Gasteiger partial charge in [-0.3, -0.25) is 9.59 Å². The molecule has 7 heteroatoms. The number of benzene rings is 2. The molecule has 0 saturated heterocycles. The number of quaternary nitrogens is 1. The first-order valence-electron chi connectivity index (χ1n) is 9.58. The van der Waals surface area contributed by atoms with E-state index in [9.17, 15) is 9.59 Å². The highest BCUT2D eigenvalue weighted by Crippen LogP contribution is 2.17. The fraction of sp³-hybridized carbons (Fsp3) is 0.364. The Hall–Kier alpha value is -3.06. The van der Waals surface area contributed by atoms with Crippen LogP contribution >= 0.6 is 0 Å². The predicted octanol–water partition coefficient (Wildman–Crippen LogP) is 0.379. The molecule has 2 rings (SSSR count). The van der Waals surface area contributed by atoms with Crippen molar-refractivity contribution in [2.24, 2.45) is 0 Å². The zero-order chi connectivity index (χ0) is 21.4. The van der Waals surface area contributed by atoms with Crippen LogP contribution in [-0.4, -0.2) is 53.7 Å². The van der Waals surface area contributed by atoms with E-state index in [1.54, 1.807) is 7.11 Å². The maximum Gasteiger partial charge on any atom is 0.309 e. The molecule has 0 unspecified atom stereocenters. The van der Waals surface area contributed by atoms with Crippen LogP contribution in [0, 0.1) is 0 Å². The van der Waals surface area contributed by atoms with Gasteiger partial charge in [0.15, 0.2) is 0 Å². The summed E-state index contributed by atoms with van der Waals surface area (Å²) in [5, 5.41) is 5.39. The van der Waals surface area contributed by atoms with Crippen molar-refractivity contribution in [3.8, 4) is 5.75 Å². The van der Waals surface area contributed by atoms with Gasteiger partial charge in [0.2, 0.25) is 0 Å². The van der Waals surface area contributed by atoms with Gasteiger partial charge in [0, 0.05) is 37.5 Å². The lowest BCUT2D eigenvalue weighted by atomic mass is 10.1. The van der Waals surface area contributed by atoms with Crippen LogP contribution in [0.15, 0.2) is 48.5 Å². The smallest absolute Gasteiger partial charge is 0.309 e. The second kappa shape index (κ2) is 10.5. The number of methoxy groups -OCH3 is 1. The molecule has 0 fully saturated rings. The van der Waals surface area contributed by atoms with E-state index < -0.39 is 11.8 Å². The summed E-state index contributed by atoms with van der Waals surface area (Å²) in [6.07, 6.45) is 0. The van der Waals surface area contributed by atoms with Crippen molar-refractivity contribution in [2.45, 2.75) is 12.6 Å². The van der Waals surface area contributed by atoms with Crippen LogP contribution in [0.4, 0.5) is 5.69 Å². The number of carbonyl (C=O) groups is 2. The van der Waals surface area contributed by atoms with Crippen LogP contribution in [-0.2, 0) is 16.1 Å². The first-order valence-corrected chi connectivity index (χ1v) is 9.58. The number of likely N-dealkylation sites (N-methyl/N-ethyl adjacent to an activating group) is 1. The van der Waals surface area contributed by atoms with Crippen molar-refractivity contribution < 1.29 is 19.2 Å². The summed E-state index contributed by atoms with van der Waals surface area (Å²) in [6, 6.07) is 15.6. The Bertz CT molecular complexity index is 819. The van der Waals surface area contributed by atoms with E-state index in [0.29, 0.717) is 12.3 Å². The molecule has 0 radical (unpaired) electrons. The standard InChI is InChI=1S/C22H30N4O3/c1-25(2)18-12-10-16(11-13-18)19(26(3)4)15-24-22(28)21(27)23-14-17-8-6-7-9-20(17)29-5/h6-13,19H,14-15H2,1-5H3,(H,23,27)(H,24,28)/p+1/t19-/m0/s1. The Kier molecular flexibility index (Phi) is 8.03. The van der Waals surface area contributed by atoms with Crippen molar-refractivity contribution in [1.29, 1.82) is 0 Å². The monoisotopic (exact) mass is 399 g/mol. The topological polar surface area (TPSA) is 75.1 Å². The number of para-hydroxylation sites is 1.